The fourth-order valence-electron chi connectivity index (χ4n) is 4.41. The maximum Gasteiger partial charge on any atom is 0.348 e. The highest BCUT2D eigenvalue weighted by Crippen LogP contribution is 2.39. The number of pyridine rings is 1. The average molecular weight is 536 g/mol. The van der Waals surface area contributed by atoms with Gasteiger partial charge in [0.05, 0.1) is 17.4 Å². The number of hydrogen-bond acceptors (Lipinski definition) is 6. The van der Waals surface area contributed by atoms with Crippen molar-refractivity contribution < 1.29 is 9.47 Å². The lowest BCUT2D eigenvalue weighted by Gasteiger charge is -2.20. The molecule has 0 aliphatic carbocycles. The number of aromatic nitrogens is 4. The van der Waals surface area contributed by atoms with Gasteiger partial charge in [-0.1, -0.05) is 74.5 Å². The predicted molar refractivity (Wildman–Crippen MR) is 157 cm³/mol. The lowest BCUT2D eigenvalue weighted by atomic mass is 9.98. The molecule has 0 radical (unpaired) electrons. The van der Waals surface area contributed by atoms with Gasteiger partial charge < -0.3 is 14.4 Å². The van der Waals surface area contributed by atoms with Gasteiger partial charge in [-0.15, -0.1) is 0 Å². The minimum Gasteiger partial charge on any atom is -0.488 e. The second kappa shape index (κ2) is 11.9. The van der Waals surface area contributed by atoms with Gasteiger partial charge in [0.1, 0.15) is 30.5 Å². The molecule has 2 aromatic heterocycles. The quantitative estimate of drug-likeness (QED) is 0.237. The van der Waals surface area contributed by atoms with Crippen LogP contribution in [0.3, 0.4) is 0 Å². The molecule has 3 aromatic carbocycles. The average Bonchev–Trinajstić information content (AvgIpc) is 3.36. The SMILES string of the molecule is CC(C)c1cc(-c2n[nH]c(=O)n2-c2ccc(N(C)C)nc2)c(OCc2ccccc2)cc1OCc1ccccc1. The van der Waals surface area contributed by atoms with Crippen LogP contribution < -0.4 is 20.1 Å². The topological polar surface area (TPSA) is 85.3 Å². The maximum absolute atomic E-state index is 13.0. The minimum absolute atomic E-state index is 0.146. The van der Waals surface area contributed by atoms with Gasteiger partial charge in [-0.3, -0.25) is 0 Å². The van der Waals surface area contributed by atoms with Gasteiger partial charge in [0.15, 0.2) is 5.82 Å². The van der Waals surface area contributed by atoms with E-state index in [9.17, 15) is 4.79 Å². The summed E-state index contributed by atoms with van der Waals surface area (Å²) in [4.78, 5) is 19.4. The molecule has 8 heteroatoms. The van der Waals surface area contributed by atoms with Crippen LogP contribution in [0.5, 0.6) is 11.5 Å². The molecule has 5 rings (SSSR count). The molecule has 40 heavy (non-hydrogen) atoms. The number of ether oxygens (including phenoxy) is 2. The first kappa shape index (κ1) is 26.7. The van der Waals surface area contributed by atoms with Gasteiger partial charge in [-0.25, -0.2) is 19.4 Å². The van der Waals surface area contributed by atoms with Gasteiger partial charge in [0.2, 0.25) is 0 Å². The molecule has 0 saturated heterocycles. The second-order valence-electron chi connectivity index (χ2n) is 10.0. The zero-order chi connectivity index (χ0) is 28.1. The van der Waals surface area contributed by atoms with Crippen molar-refractivity contribution in [1.82, 2.24) is 19.7 Å². The number of benzene rings is 3. The summed E-state index contributed by atoms with van der Waals surface area (Å²) >= 11 is 0. The fourth-order valence-corrected chi connectivity index (χ4v) is 4.41. The van der Waals surface area contributed by atoms with Crippen LogP contribution in [0.2, 0.25) is 0 Å². The van der Waals surface area contributed by atoms with Crippen molar-refractivity contribution >= 4 is 5.82 Å². The maximum atomic E-state index is 13.0. The van der Waals surface area contributed by atoms with Crippen LogP contribution in [0.4, 0.5) is 5.82 Å². The van der Waals surface area contributed by atoms with Crippen LogP contribution in [0.25, 0.3) is 17.1 Å². The van der Waals surface area contributed by atoms with Crippen molar-refractivity contribution in [3.8, 4) is 28.6 Å². The Labute approximate surface area is 233 Å². The summed E-state index contributed by atoms with van der Waals surface area (Å²) in [5.41, 5.74) is 4.00. The van der Waals surface area contributed by atoms with Gasteiger partial charge in [0.25, 0.3) is 0 Å². The molecule has 0 atom stereocenters. The Kier molecular flexibility index (Phi) is 7.96. The van der Waals surface area contributed by atoms with Crippen molar-refractivity contribution in [2.75, 3.05) is 19.0 Å². The molecule has 1 N–H and O–H groups in total. The highest BCUT2D eigenvalue weighted by Gasteiger charge is 2.22. The number of nitrogens with zero attached hydrogens (tertiary/aromatic N) is 4. The van der Waals surface area contributed by atoms with E-state index in [0.717, 1.165) is 28.3 Å². The van der Waals surface area contributed by atoms with Crippen molar-refractivity contribution in [3.63, 3.8) is 0 Å². The smallest absolute Gasteiger partial charge is 0.348 e. The summed E-state index contributed by atoms with van der Waals surface area (Å²) in [6.45, 7) is 5.00. The van der Waals surface area contributed by atoms with E-state index >= 15 is 0 Å². The Hall–Kier alpha value is -4.85. The molecule has 0 aliphatic heterocycles. The van der Waals surface area contributed by atoms with Gasteiger partial charge in [-0.05, 0) is 40.8 Å². The summed E-state index contributed by atoms with van der Waals surface area (Å²) in [5.74, 6) is 2.66. The third-order valence-corrected chi connectivity index (χ3v) is 6.57. The van der Waals surface area contributed by atoms with Gasteiger partial charge in [0, 0.05) is 20.2 Å². The largest absolute Gasteiger partial charge is 0.488 e. The van der Waals surface area contributed by atoms with Gasteiger partial charge in [-0.2, -0.15) is 5.10 Å². The third kappa shape index (κ3) is 5.91. The number of aromatic amines is 1. The number of hydrogen-bond donors (Lipinski definition) is 1. The zero-order valence-corrected chi connectivity index (χ0v) is 23.2. The Morgan fingerprint density at radius 2 is 1.48 bits per heavy atom. The van der Waals surface area contributed by atoms with E-state index in [1.807, 2.05) is 104 Å². The lowest BCUT2D eigenvalue weighted by Crippen LogP contribution is -2.17. The molecule has 8 nitrogen and oxygen atoms in total. The normalized spacial score (nSPS) is 11.0. The highest BCUT2D eigenvalue weighted by molar-refractivity contribution is 5.70. The number of nitrogens with one attached hydrogen (secondary N) is 1. The molecule has 0 saturated carbocycles. The monoisotopic (exact) mass is 535 g/mol. The second-order valence-corrected chi connectivity index (χ2v) is 10.0. The van der Waals surface area contributed by atoms with Crippen molar-refractivity contribution in [1.29, 1.82) is 0 Å². The van der Waals surface area contributed by atoms with Crippen LogP contribution in [-0.2, 0) is 13.2 Å². The van der Waals surface area contributed by atoms with Crippen molar-refractivity contribution in [2.45, 2.75) is 33.0 Å². The molecule has 0 unspecified atom stereocenters. The summed E-state index contributed by atoms with van der Waals surface area (Å²) in [6.07, 6.45) is 1.67. The summed E-state index contributed by atoms with van der Waals surface area (Å²) in [7, 11) is 3.84. The van der Waals surface area contributed by atoms with Crippen molar-refractivity contribution in [2.24, 2.45) is 0 Å². The Balaban J connectivity index is 1.60. The van der Waals surface area contributed by atoms with E-state index in [1.54, 1.807) is 6.20 Å². The lowest BCUT2D eigenvalue weighted by molar-refractivity contribution is 0.288. The molecule has 0 fully saturated rings. The molecular weight excluding hydrogens is 502 g/mol. The number of H-pyrrole nitrogens is 1. The highest BCUT2D eigenvalue weighted by atomic mass is 16.5. The number of rotatable bonds is 10. The van der Waals surface area contributed by atoms with E-state index in [4.69, 9.17) is 9.47 Å². The molecule has 0 bridgehead atoms. The first-order valence-corrected chi connectivity index (χ1v) is 13.2. The number of anilines is 1. The fraction of sp³-hybridized carbons (Fsp3) is 0.219. The van der Waals surface area contributed by atoms with E-state index in [1.165, 1.54) is 4.57 Å². The van der Waals surface area contributed by atoms with E-state index in [0.29, 0.717) is 36.0 Å². The molecular formula is C32H33N5O3. The van der Waals surface area contributed by atoms with E-state index in [-0.39, 0.29) is 11.6 Å². The molecule has 0 aliphatic rings. The molecule has 5 aromatic rings. The van der Waals surface area contributed by atoms with Gasteiger partial charge >= 0.3 is 5.69 Å². The van der Waals surface area contributed by atoms with Crippen molar-refractivity contribution in [3.05, 3.63) is 118 Å². The Morgan fingerprint density at radius 3 is 2.02 bits per heavy atom. The standard InChI is InChI=1S/C32H33N5O3/c1-22(2)26-17-27(31-34-35-32(38)37(31)25-15-16-30(33-19-25)36(3)4)29(40-21-24-13-9-6-10-14-24)18-28(26)39-20-23-11-7-5-8-12-23/h5-19,22H,20-21H2,1-4H3,(H,35,38). The summed E-state index contributed by atoms with van der Waals surface area (Å²) < 4.78 is 14.2. The first-order valence-electron chi connectivity index (χ1n) is 13.2. The van der Waals surface area contributed by atoms with E-state index < -0.39 is 0 Å². The van der Waals surface area contributed by atoms with Crippen LogP contribution in [0.1, 0.15) is 36.5 Å². The summed E-state index contributed by atoms with van der Waals surface area (Å²) in [5, 5.41) is 7.04. The molecule has 204 valence electrons. The van der Waals surface area contributed by atoms with E-state index in [2.05, 4.69) is 29.0 Å². The van der Waals surface area contributed by atoms with Crippen LogP contribution >= 0.6 is 0 Å². The first-order chi connectivity index (χ1) is 19.4. The molecule has 0 amide bonds. The summed E-state index contributed by atoms with van der Waals surface area (Å²) in [6, 6.07) is 27.6. The molecule has 2 heterocycles. The van der Waals surface area contributed by atoms with Crippen LogP contribution in [-0.4, -0.2) is 33.8 Å². The van der Waals surface area contributed by atoms with Crippen LogP contribution in [0, 0.1) is 0 Å². The zero-order valence-electron chi connectivity index (χ0n) is 23.2. The predicted octanol–water partition coefficient (Wildman–Crippen LogP) is 5.97. The van der Waals surface area contributed by atoms with Crippen LogP contribution in [0.15, 0.2) is 95.9 Å². The Morgan fingerprint density at radius 1 is 0.850 bits per heavy atom. The minimum atomic E-state index is -0.362. The molecule has 0 spiro atoms. The Bertz CT molecular complexity index is 1610. The third-order valence-electron chi connectivity index (χ3n) is 6.57.